The van der Waals surface area contributed by atoms with Crippen molar-refractivity contribution in [2.24, 2.45) is 0 Å². The number of carbonyl (C=O) groups is 1. The van der Waals surface area contributed by atoms with Crippen LogP contribution in [0.3, 0.4) is 0 Å². The van der Waals surface area contributed by atoms with Gasteiger partial charge in [-0.2, -0.15) is 0 Å². The van der Waals surface area contributed by atoms with E-state index in [1.54, 1.807) is 56.5 Å². The van der Waals surface area contributed by atoms with Gasteiger partial charge in [0.05, 0.1) is 12.0 Å². The number of nitrogens with one attached hydrogen (secondary N) is 1. The van der Waals surface area contributed by atoms with Crippen molar-refractivity contribution in [2.75, 3.05) is 12.4 Å². The second kappa shape index (κ2) is 7.22. The lowest BCUT2D eigenvalue weighted by Crippen LogP contribution is -2.12. The molecule has 6 nitrogen and oxygen atoms in total. The summed E-state index contributed by atoms with van der Waals surface area (Å²) in [6.45, 7) is 1.68. The van der Waals surface area contributed by atoms with E-state index in [9.17, 15) is 14.9 Å². The molecule has 0 spiro atoms. The first kappa shape index (κ1) is 16.2. The molecule has 0 fully saturated rings. The predicted molar refractivity (Wildman–Crippen MR) is 88.4 cm³/mol. The molecular weight excluding hydrogens is 296 g/mol. The summed E-state index contributed by atoms with van der Waals surface area (Å²) >= 11 is 0. The van der Waals surface area contributed by atoms with Gasteiger partial charge in [-0.15, -0.1) is 0 Å². The third kappa shape index (κ3) is 4.41. The second-order valence-corrected chi connectivity index (χ2v) is 4.86. The minimum absolute atomic E-state index is 0.0162. The van der Waals surface area contributed by atoms with E-state index in [2.05, 4.69) is 5.32 Å². The zero-order chi connectivity index (χ0) is 16.8. The molecule has 1 amide bonds. The summed E-state index contributed by atoms with van der Waals surface area (Å²) in [5.41, 5.74) is 1.89. The van der Waals surface area contributed by atoms with Crippen molar-refractivity contribution in [3.05, 3.63) is 69.8 Å². The fraction of sp³-hybridized carbons (Fsp3) is 0.118. The van der Waals surface area contributed by atoms with Crippen LogP contribution in [0.1, 0.15) is 12.5 Å². The number of hydrogen-bond donors (Lipinski definition) is 1. The molecule has 2 aromatic carbocycles. The lowest BCUT2D eigenvalue weighted by molar-refractivity contribution is -0.384. The number of amides is 1. The molecule has 2 aromatic rings. The maximum atomic E-state index is 12.1. The van der Waals surface area contributed by atoms with Gasteiger partial charge in [0.25, 0.3) is 11.6 Å². The first-order valence-electron chi connectivity index (χ1n) is 6.88. The Balaban J connectivity index is 2.06. The molecule has 0 heterocycles. The maximum Gasteiger partial charge on any atom is 0.269 e. The molecule has 118 valence electrons. The fourth-order valence-electron chi connectivity index (χ4n) is 1.91. The minimum Gasteiger partial charge on any atom is -0.497 e. The van der Waals surface area contributed by atoms with Crippen LogP contribution in [0.2, 0.25) is 0 Å². The number of ether oxygens (including phenoxy) is 1. The molecular formula is C17H16N2O4. The van der Waals surface area contributed by atoms with Crippen LogP contribution in [-0.4, -0.2) is 17.9 Å². The van der Waals surface area contributed by atoms with Gasteiger partial charge >= 0.3 is 0 Å². The summed E-state index contributed by atoms with van der Waals surface area (Å²) in [6.07, 6.45) is 1.67. The molecule has 0 aromatic heterocycles. The Morgan fingerprint density at radius 2 is 1.74 bits per heavy atom. The summed E-state index contributed by atoms with van der Waals surface area (Å²) in [4.78, 5) is 22.3. The Kier molecular flexibility index (Phi) is 5.09. The van der Waals surface area contributed by atoms with Crippen molar-refractivity contribution < 1.29 is 14.5 Å². The van der Waals surface area contributed by atoms with Crippen molar-refractivity contribution in [3.63, 3.8) is 0 Å². The number of benzene rings is 2. The Hall–Kier alpha value is -3.15. The molecule has 0 radical (unpaired) electrons. The summed E-state index contributed by atoms with van der Waals surface area (Å²) in [7, 11) is 1.57. The molecule has 0 aliphatic rings. The van der Waals surface area contributed by atoms with E-state index in [1.807, 2.05) is 0 Å². The van der Waals surface area contributed by atoms with E-state index in [4.69, 9.17) is 4.74 Å². The van der Waals surface area contributed by atoms with Gasteiger partial charge in [-0.25, -0.2) is 0 Å². The van der Waals surface area contributed by atoms with Gasteiger partial charge in [-0.3, -0.25) is 14.9 Å². The molecule has 6 heteroatoms. The average Bonchev–Trinajstić information content (AvgIpc) is 2.56. The minimum atomic E-state index is -0.462. The quantitative estimate of drug-likeness (QED) is 0.519. The SMILES string of the molecule is COc1ccc(NC(=O)/C(C)=C/c2ccc([N+](=O)[O-])cc2)cc1. The fourth-order valence-corrected chi connectivity index (χ4v) is 1.91. The van der Waals surface area contributed by atoms with Crippen LogP contribution in [0.4, 0.5) is 11.4 Å². The van der Waals surface area contributed by atoms with Crippen molar-refractivity contribution in [1.82, 2.24) is 0 Å². The van der Waals surface area contributed by atoms with Gasteiger partial charge in [0.1, 0.15) is 5.75 Å². The van der Waals surface area contributed by atoms with Gasteiger partial charge in [-0.05, 0) is 55.0 Å². The van der Waals surface area contributed by atoms with Crippen molar-refractivity contribution in [3.8, 4) is 5.75 Å². The highest BCUT2D eigenvalue weighted by Crippen LogP contribution is 2.17. The zero-order valence-corrected chi connectivity index (χ0v) is 12.8. The number of nitro benzene ring substituents is 1. The third-order valence-corrected chi connectivity index (χ3v) is 3.19. The number of rotatable bonds is 5. The average molecular weight is 312 g/mol. The Morgan fingerprint density at radius 1 is 1.13 bits per heavy atom. The molecule has 0 aliphatic carbocycles. The Bertz CT molecular complexity index is 734. The smallest absolute Gasteiger partial charge is 0.269 e. The number of carbonyl (C=O) groups excluding carboxylic acids is 1. The number of nitro groups is 1. The lowest BCUT2D eigenvalue weighted by Gasteiger charge is -2.06. The first-order valence-corrected chi connectivity index (χ1v) is 6.88. The van der Waals surface area contributed by atoms with Gasteiger partial charge in [0.2, 0.25) is 0 Å². The van der Waals surface area contributed by atoms with Crippen LogP contribution >= 0.6 is 0 Å². The van der Waals surface area contributed by atoms with Crippen LogP contribution in [0.5, 0.6) is 5.75 Å². The predicted octanol–water partition coefficient (Wildman–Crippen LogP) is 3.65. The summed E-state index contributed by atoms with van der Waals surface area (Å²) in [5, 5.41) is 13.4. The van der Waals surface area contributed by atoms with Crippen LogP contribution in [0.25, 0.3) is 6.08 Å². The normalized spacial score (nSPS) is 11.0. The van der Waals surface area contributed by atoms with Gasteiger partial charge in [-0.1, -0.05) is 0 Å². The molecule has 23 heavy (non-hydrogen) atoms. The standard InChI is InChI=1S/C17H16N2O4/c1-12(11-13-3-7-15(8-4-13)19(21)22)17(20)18-14-5-9-16(23-2)10-6-14/h3-11H,1-2H3,(H,18,20)/b12-11+. The highest BCUT2D eigenvalue weighted by Gasteiger charge is 2.07. The van der Waals surface area contributed by atoms with E-state index >= 15 is 0 Å². The van der Waals surface area contributed by atoms with Gasteiger partial charge in [0.15, 0.2) is 0 Å². The molecule has 0 bridgehead atoms. The van der Waals surface area contributed by atoms with E-state index in [1.165, 1.54) is 12.1 Å². The van der Waals surface area contributed by atoms with Crippen molar-refractivity contribution in [1.29, 1.82) is 0 Å². The second-order valence-electron chi connectivity index (χ2n) is 4.86. The van der Waals surface area contributed by atoms with Crippen molar-refractivity contribution in [2.45, 2.75) is 6.92 Å². The number of anilines is 1. The molecule has 2 rings (SSSR count). The highest BCUT2D eigenvalue weighted by molar-refractivity contribution is 6.06. The Labute approximate surface area is 133 Å². The monoisotopic (exact) mass is 312 g/mol. The molecule has 0 unspecified atom stereocenters. The molecule has 1 N–H and O–H groups in total. The van der Waals surface area contributed by atoms with Crippen LogP contribution < -0.4 is 10.1 Å². The number of non-ortho nitro benzene ring substituents is 1. The van der Waals surface area contributed by atoms with E-state index in [-0.39, 0.29) is 11.6 Å². The number of hydrogen-bond acceptors (Lipinski definition) is 4. The van der Waals surface area contributed by atoms with E-state index in [0.717, 1.165) is 5.56 Å². The highest BCUT2D eigenvalue weighted by atomic mass is 16.6. The molecule has 0 saturated heterocycles. The molecule has 0 saturated carbocycles. The molecule has 0 atom stereocenters. The Morgan fingerprint density at radius 3 is 2.26 bits per heavy atom. The largest absolute Gasteiger partial charge is 0.497 e. The number of methoxy groups -OCH3 is 1. The summed E-state index contributed by atoms with van der Waals surface area (Å²) in [5.74, 6) is 0.467. The van der Waals surface area contributed by atoms with Crippen LogP contribution in [-0.2, 0) is 4.79 Å². The van der Waals surface area contributed by atoms with E-state index < -0.39 is 4.92 Å². The van der Waals surface area contributed by atoms with Crippen LogP contribution in [0, 0.1) is 10.1 Å². The van der Waals surface area contributed by atoms with E-state index in [0.29, 0.717) is 17.0 Å². The third-order valence-electron chi connectivity index (χ3n) is 3.19. The molecule has 0 aliphatic heterocycles. The first-order chi connectivity index (χ1) is 11.0. The summed E-state index contributed by atoms with van der Waals surface area (Å²) in [6, 6.07) is 13.0. The van der Waals surface area contributed by atoms with Crippen molar-refractivity contribution >= 4 is 23.4 Å². The van der Waals surface area contributed by atoms with Gasteiger partial charge in [0, 0.05) is 23.4 Å². The van der Waals surface area contributed by atoms with Crippen LogP contribution in [0.15, 0.2) is 54.1 Å². The maximum absolute atomic E-state index is 12.1. The topological polar surface area (TPSA) is 81.5 Å². The summed E-state index contributed by atoms with van der Waals surface area (Å²) < 4.78 is 5.06. The lowest BCUT2D eigenvalue weighted by atomic mass is 10.1. The number of nitrogens with zero attached hydrogens (tertiary/aromatic N) is 1. The van der Waals surface area contributed by atoms with Gasteiger partial charge < -0.3 is 10.1 Å². The zero-order valence-electron chi connectivity index (χ0n) is 12.8.